The third kappa shape index (κ3) is 3.31. The molecule has 5 heteroatoms. The van der Waals surface area contributed by atoms with Crippen LogP contribution in [0.4, 0.5) is 5.82 Å². The number of rotatable bonds is 3. The molecule has 1 aliphatic carbocycles. The highest BCUT2D eigenvalue weighted by molar-refractivity contribution is 5.79. The number of hydrogen-bond donors (Lipinski definition) is 1. The summed E-state index contributed by atoms with van der Waals surface area (Å²) in [6.07, 6.45) is 5.01. The van der Waals surface area contributed by atoms with Crippen molar-refractivity contribution in [2.24, 2.45) is 5.92 Å². The third-order valence-electron chi connectivity index (χ3n) is 5.00. The molecule has 122 valence electrons. The molecular formula is C18H24N4O. The van der Waals surface area contributed by atoms with Gasteiger partial charge in [0.05, 0.1) is 5.56 Å². The van der Waals surface area contributed by atoms with Gasteiger partial charge in [0.2, 0.25) is 5.91 Å². The lowest BCUT2D eigenvalue weighted by molar-refractivity contribution is -0.134. The lowest BCUT2D eigenvalue weighted by Crippen LogP contribution is -2.33. The maximum Gasteiger partial charge on any atom is 0.225 e. The number of likely N-dealkylation sites (tertiary alicyclic amines) is 1. The van der Waals surface area contributed by atoms with Gasteiger partial charge in [0.25, 0.3) is 0 Å². The fourth-order valence-corrected chi connectivity index (χ4v) is 3.81. The summed E-state index contributed by atoms with van der Waals surface area (Å²) in [4.78, 5) is 19.0. The summed E-state index contributed by atoms with van der Waals surface area (Å²) in [5.74, 6) is 1.12. The quantitative estimate of drug-likeness (QED) is 0.932. The molecule has 1 aromatic rings. The minimum Gasteiger partial charge on any atom is -0.366 e. The summed E-state index contributed by atoms with van der Waals surface area (Å²) in [5, 5.41) is 12.8. The van der Waals surface area contributed by atoms with Crippen molar-refractivity contribution in [3.8, 4) is 6.07 Å². The number of pyridine rings is 1. The predicted octanol–water partition coefficient (Wildman–Crippen LogP) is 2.77. The van der Waals surface area contributed by atoms with Crippen LogP contribution in [0.3, 0.4) is 0 Å². The van der Waals surface area contributed by atoms with Crippen LogP contribution in [0.2, 0.25) is 0 Å². The lowest BCUT2D eigenvalue weighted by Gasteiger charge is -2.20. The molecule has 2 atom stereocenters. The Kier molecular flexibility index (Phi) is 4.51. The van der Waals surface area contributed by atoms with Crippen molar-refractivity contribution in [1.29, 1.82) is 5.26 Å². The molecule has 1 aliphatic heterocycles. The molecule has 1 aromatic heterocycles. The van der Waals surface area contributed by atoms with E-state index in [0.29, 0.717) is 17.3 Å². The van der Waals surface area contributed by atoms with Gasteiger partial charge in [-0.15, -0.1) is 0 Å². The summed E-state index contributed by atoms with van der Waals surface area (Å²) in [5.41, 5.74) is 2.47. The molecule has 2 aliphatic rings. The van der Waals surface area contributed by atoms with Gasteiger partial charge in [0.1, 0.15) is 11.9 Å². The molecule has 2 heterocycles. The summed E-state index contributed by atoms with van der Waals surface area (Å²) >= 11 is 0. The van der Waals surface area contributed by atoms with Crippen LogP contribution in [-0.4, -0.2) is 34.9 Å². The second-order valence-electron chi connectivity index (χ2n) is 6.80. The molecule has 0 unspecified atom stereocenters. The highest BCUT2D eigenvalue weighted by Gasteiger charge is 2.33. The zero-order valence-corrected chi connectivity index (χ0v) is 13.9. The topological polar surface area (TPSA) is 69.0 Å². The molecule has 1 amide bonds. The molecular weight excluding hydrogens is 288 g/mol. The fraction of sp³-hybridized carbons (Fsp3) is 0.611. The molecule has 2 fully saturated rings. The van der Waals surface area contributed by atoms with E-state index in [-0.39, 0.29) is 12.0 Å². The minimum atomic E-state index is 0.127. The van der Waals surface area contributed by atoms with Crippen LogP contribution < -0.4 is 5.32 Å². The van der Waals surface area contributed by atoms with Gasteiger partial charge in [-0.3, -0.25) is 4.79 Å². The summed E-state index contributed by atoms with van der Waals surface area (Å²) < 4.78 is 0. The Bertz CT molecular complexity index is 643. The highest BCUT2D eigenvalue weighted by atomic mass is 16.2. The number of nitriles is 1. The highest BCUT2D eigenvalue weighted by Crippen LogP contribution is 2.31. The van der Waals surface area contributed by atoms with Crippen molar-refractivity contribution in [2.75, 3.05) is 18.4 Å². The first-order valence-corrected chi connectivity index (χ1v) is 8.52. The Morgan fingerprint density at radius 1 is 1.35 bits per heavy atom. The first-order chi connectivity index (χ1) is 11.1. The van der Waals surface area contributed by atoms with Gasteiger partial charge in [-0.2, -0.15) is 5.26 Å². The maximum absolute atomic E-state index is 12.5. The number of aromatic nitrogens is 1. The fourth-order valence-electron chi connectivity index (χ4n) is 3.81. The number of carbonyl (C=O) groups excluding carboxylic acids is 1. The summed E-state index contributed by atoms with van der Waals surface area (Å²) in [7, 11) is 0. The van der Waals surface area contributed by atoms with Gasteiger partial charge in [-0.25, -0.2) is 4.98 Å². The van der Waals surface area contributed by atoms with E-state index in [9.17, 15) is 10.1 Å². The summed E-state index contributed by atoms with van der Waals surface area (Å²) in [6, 6.07) is 4.40. The van der Waals surface area contributed by atoms with Crippen LogP contribution in [0.5, 0.6) is 0 Å². The number of aryl methyl sites for hydroxylation is 2. The number of hydrogen-bond acceptors (Lipinski definition) is 4. The van der Waals surface area contributed by atoms with Crippen molar-refractivity contribution in [3.05, 3.63) is 22.9 Å². The van der Waals surface area contributed by atoms with E-state index in [1.54, 1.807) is 0 Å². The second kappa shape index (κ2) is 6.57. The third-order valence-corrected chi connectivity index (χ3v) is 5.00. The molecule has 3 rings (SSSR count). The van der Waals surface area contributed by atoms with Crippen molar-refractivity contribution >= 4 is 11.7 Å². The van der Waals surface area contributed by atoms with Crippen molar-refractivity contribution < 1.29 is 4.79 Å². The Labute approximate surface area is 137 Å². The summed E-state index contributed by atoms with van der Waals surface area (Å²) in [6.45, 7) is 5.72. The second-order valence-corrected chi connectivity index (χ2v) is 6.80. The maximum atomic E-state index is 12.5. The standard InChI is InChI=1S/C18H24N4O/c1-12-9-13(2)20-17(16(12)11-19)21-15-6-5-14(10-15)18(23)22-7-3-4-8-22/h9,14-15H,3-8,10H2,1-2H3,(H,20,21)/t14-,15+/m1/s1. The Morgan fingerprint density at radius 3 is 2.78 bits per heavy atom. The molecule has 0 spiro atoms. The zero-order chi connectivity index (χ0) is 16.4. The number of nitrogens with one attached hydrogen (secondary N) is 1. The van der Waals surface area contributed by atoms with Gasteiger partial charge in [0.15, 0.2) is 0 Å². The van der Waals surface area contributed by atoms with Crippen LogP contribution in [0.15, 0.2) is 6.07 Å². The van der Waals surface area contributed by atoms with E-state index in [0.717, 1.165) is 56.5 Å². The molecule has 23 heavy (non-hydrogen) atoms. The Morgan fingerprint density at radius 2 is 2.09 bits per heavy atom. The number of anilines is 1. The monoisotopic (exact) mass is 312 g/mol. The van der Waals surface area contributed by atoms with Gasteiger partial charge >= 0.3 is 0 Å². The Hall–Kier alpha value is -2.09. The van der Waals surface area contributed by atoms with Gasteiger partial charge in [0, 0.05) is 30.7 Å². The average Bonchev–Trinajstić information content (AvgIpc) is 3.17. The van der Waals surface area contributed by atoms with Crippen molar-refractivity contribution in [2.45, 2.75) is 52.0 Å². The van der Waals surface area contributed by atoms with E-state index >= 15 is 0 Å². The van der Waals surface area contributed by atoms with Crippen LogP contribution in [0, 0.1) is 31.1 Å². The van der Waals surface area contributed by atoms with E-state index < -0.39 is 0 Å². The predicted molar refractivity (Wildman–Crippen MR) is 89.0 cm³/mol. The molecule has 5 nitrogen and oxygen atoms in total. The number of carbonyl (C=O) groups is 1. The van der Waals surface area contributed by atoms with E-state index in [4.69, 9.17) is 0 Å². The van der Waals surface area contributed by atoms with E-state index in [1.165, 1.54) is 0 Å². The van der Waals surface area contributed by atoms with E-state index in [2.05, 4.69) is 16.4 Å². The molecule has 1 saturated heterocycles. The normalized spacial score (nSPS) is 23.8. The lowest BCUT2D eigenvalue weighted by atomic mass is 10.1. The van der Waals surface area contributed by atoms with Gasteiger partial charge in [-0.1, -0.05) is 0 Å². The van der Waals surface area contributed by atoms with Gasteiger partial charge in [-0.05, 0) is 57.6 Å². The number of nitrogens with zero attached hydrogens (tertiary/aromatic N) is 3. The van der Waals surface area contributed by atoms with Crippen LogP contribution in [0.1, 0.15) is 48.9 Å². The first-order valence-electron chi connectivity index (χ1n) is 8.52. The minimum absolute atomic E-state index is 0.127. The average molecular weight is 312 g/mol. The molecule has 1 N–H and O–H groups in total. The number of amides is 1. The molecule has 0 aromatic carbocycles. The van der Waals surface area contributed by atoms with Gasteiger partial charge < -0.3 is 10.2 Å². The van der Waals surface area contributed by atoms with Crippen molar-refractivity contribution in [3.63, 3.8) is 0 Å². The molecule has 0 bridgehead atoms. The smallest absolute Gasteiger partial charge is 0.225 e. The largest absolute Gasteiger partial charge is 0.366 e. The molecule has 1 saturated carbocycles. The first kappa shape index (κ1) is 15.8. The molecule has 0 radical (unpaired) electrons. The van der Waals surface area contributed by atoms with Crippen molar-refractivity contribution in [1.82, 2.24) is 9.88 Å². The van der Waals surface area contributed by atoms with Crippen LogP contribution in [-0.2, 0) is 4.79 Å². The SMILES string of the molecule is Cc1cc(C)c(C#N)c(N[C@H]2CC[C@@H](C(=O)N3CCCC3)C2)n1. The van der Waals surface area contributed by atoms with Crippen LogP contribution >= 0.6 is 0 Å². The Balaban J connectivity index is 1.66. The zero-order valence-electron chi connectivity index (χ0n) is 13.9. The van der Waals surface area contributed by atoms with E-state index in [1.807, 2.05) is 24.8 Å². The van der Waals surface area contributed by atoms with Crippen LogP contribution in [0.25, 0.3) is 0 Å².